The highest BCUT2D eigenvalue weighted by Gasteiger charge is 2.58. The number of nitrogens with zero attached hydrogens (tertiary/aromatic N) is 1. The van der Waals surface area contributed by atoms with E-state index in [1.54, 1.807) is 0 Å². The Morgan fingerprint density at radius 1 is 1.18 bits per heavy atom. The number of rotatable bonds is 3. The van der Waals surface area contributed by atoms with Crippen molar-refractivity contribution in [3.63, 3.8) is 0 Å². The summed E-state index contributed by atoms with van der Waals surface area (Å²) in [6.07, 6.45) is 1.56. The average molecular weight is 306 g/mol. The van der Waals surface area contributed by atoms with E-state index in [9.17, 15) is 13.6 Å². The molecule has 0 radical (unpaired) electrons. The molecule has 118 valence electrons. The first-order chi connectivity index (χ1) is 10.6. The van der Waals surface area contributed by atoms with Gasteiger partial charge >= 0.3 is 0 Å². The van der Waals surface area contributed by atoms with Crippen LogP contribution in [0.2, 0.25) is 0 Å². The lowest BCUT2D eigenvalue weighted by Gasteiger charge is -2.18. The van der Waals surface area contributed by atoms with E-state index in [1.165, 1.54) is 12.1 Å². The number of carbonyl (C=O) groups excluding carboxylic acids is 1. The smallest absolute Gasteiger partial charge is 0.226 e. The van der Waals surface area contributed by atoms with Gasteiger partial charge in [-0.15, -0.1) is 0 Å². The van der Waals surface area contributed by atoms with E-state index in [4.69, 9.17) is 0 Å². The number of piperidine rings is 1. The quantitative estimate of drug-likeness (QED) is 0.924. The largest absolute Gasteiger partial charge is 0.342 e. The Balaban J connectivity index is 1.35. The number of hydrogen-bond acceptors (Lipinski definition) is 2. The van der Waals surface area contributed by atoms with Crippen LogP contribution in [0.15, 0.2) is 18.2 Å². The summed E-state index contributed by atoms with van der Waals surface area (Å²) in [5, 5.41) is 3.31. The summed E-state index contributed by atoms with van der Waals surface area (Å²) in [4.78, 5) is 14.5. The molecule has 1 aromatic rings. The van der Waals surface area contributed by atoms with Crippen LogP contribution in [0.3, 0.4) is 0 Å². The summed E-state index contributed by atoms with van der Waals surface area (Å²) >= 11 is 0. The van der Waals surface area contributed by atoms with Crippen LogP contribution >= 0.6 is 0 Å². The van der Waals surface area contributed by atoms with Gasteiger partial charge in [-0.1, -0.05) is 0 Å². The Morgan fingerprint density at radius 3 is 2.55 bits per heavy atom. The molecule has 2 aliphatic heterocycles. The molecule has 3 nitrogen and oxygen atoms in total. The molecule has 0 aromatic heterocycles. The zero-order valence-electron chi connectivity index (χ0n) is 12.4. The summed E-state index contributed by atoms with van der Waals surface area (Å²) < 4.78 is 26.5. The third-order valence-corrected chi connectivity index (χ3v) is 5.42. The van der Waals surface area contributed by atoms with Gasteiger partial charge in [-0.3, -0.25) is 4.79 Å². The van der Waals surface area contributed by atoms with Gasteiger partial charge in [-0.25, -0.2) is 8.78 Å². The van der Waals surface area contributed by atoms with Crippen LogP contribution in [0.1, 0.15) is 12.0 Å². The maximum absolute atomic E-state index is 13.2. The minimum Gasteiger partial charge on any atom is -0.342 e. The monoisotopic (exact) mass is 306 g/mol. The molecule has 1 aromatic carbocycles. The Hall–Kier alpha value is -1.49. The van der Waals surface area contributed by atoms with Gasteiger partial charge in [0.2, 0.25) is 5.91 Å². The van der Waals surface area contributed by atoms with Crippen molar-refractivity contribution in [2.75, 3.05) is 26.2 Å². The summed E-state index contributed by atoms with van der Waals surface area (Å²) in [6, 6.07) is 3.68. The topological polar surface area (TPSA) is 32.3 Å². The number of fused-ring (bicyclic) bond motifs is 1. The minimum absolute atomic E-state index is 0.228. The summed E-state index contributed by atoms with van der Waals surface area (Å²) in [5.41, 5.74) is 0.685. The van der Waals surface area contributed by atoms with Crippen molar-refractivity contribution in [3.8, 4) is 0 Å². The van der Waals surface area contributed by atoms with Crippen LogP contribution in [0.25, 0.3) is 0 Å². The fourth-order valence-electron chi connectivity index (χ4n) is 4.26. The van der Waals surface area contributed by atoms with E-state index in [0.717, 1.165) is 38.7 Å². The summed E-state index contributed by atoms with van der Waals surface area (Å²) in [5.74, 6) is 0.865. The van der Waals surface area contributed by atoms with Crippen molar-refractivity contribution in [2.45, 2.75) is 12.8 Å². The Morgan fingerprint density at radius 2 is 1.86 bits per heavy atom. The van der Waals surface area contributed by atoms with Gasteiger partial charge in [-0.2, -0.15) is 0 Å². The van der Waals surface area contributed by atoms with Gasteiger partial charge in [0.15, 0.2) is 0 Å². The molecule has 2 heterocycles. The highest BCUT2D eigenvalue weighted by Crippen LogP contribution is 2.50. The number of likely N-dealkylation sites (tertiary alicyclic amines) is 1. The second kappa shape index (κ2) is 5.30. The van der Waals surface area contributed by atoms with E-state index in [-0.39, 0.29) is 5.92 Å². The number of benzene rings is 1. The number of halogens is 2. The first kappa shape index (κ1) is 14.1. The van der Waals surface area contributed by atoms with Crippen molar-refractivity contribution in [2.24, 2.45) is 23.7 Å². The lowest BCUT2D eigenvalue weighted by Crippen LogP contribution is -2.33. The molecule has 1 aliphatic carbocycles. The maximum atomic E-state index is 13.2. The third-order valence-electron chi connectivity index (χ3n) is 5.42. The highest BCUT2D eigenvalue weighted by molar-refractivity contribution is 5.83. The average Bonchev–Trinajstić information content (AvgIpc) is 2.83. The molecule has 0 spiro atoms. The molecule has 4 atom stereocenters. The lowest BCUT2D eigenvalue weighted by molar-refractivity contribution is -0.132. The predicted molar refractivity (Wildman–Crippen MR) is 78.1 cm³/mol. The highest BCUT2D eigenvalue weighted by atomic mass is 19.1. The first-order valence-corrected chi connectivity index (χ1v) is 8.06. The molecule has 22 heavy (non-hydrogen) atoms. The number of carbonyl (C=O) groups is 1. The van der Waals surface area contributed by atoms with E-state index in [2.05, 4.69) is 5.32 Å². The van der Waals surface area contributed by atoms with Crippen molar-refractivity contribution >= 4 is 5.91 Å². The van der Waals surface area contributed by atoms with Crippen LogP contribution in [0, 0.1) is 35.3 Å². The molecule has 1 amide bonds. The Labute approximate surface area is 128 Å². The second-order valence-corrected chi connectivity index (χ2v) is 6.93. The van der Waals surface area contributed by atoms with Crippen LogP contribution in [0.5, 0.6) is 0 Å². The minimum atomic E-state index is -0.528. The Kier molecular flexibility index (Phi) is 3.40. The van der Waals surface area contributed by atoms with Crippen LogP contribution < -0.4 is 5.32 Å². The molecule has 1 saturated carbocycles. The van der Waals surface area contributed by atoms with E-state index in [0.29, 0.717) is 35.6 Å². The predicted octanol–water partition coefficient (Wildman–Crippen LogP) is 1.82. The zero-order chi connectivity index (χ0) is 15.3. The molecule has 3 aliphatic rings. The van der Waals surface area contributed by atoms with E-state index < -0.39 is 11.6 Å². The molecule has 4 rings (SSSR count). The normalized spacial score (nSPS) is 33.1. The summed E-state index contributed by atoms with van der Waals surface area (Å²) in [6.45, 7) is 3.45. The molecule has 1 N–H and O–H groups in total. The van der Waals surface area contributed by atoms with Crippen molar-refractivity contribution < 1.29 is 13.6 Å². The number of nitrogens with one attached hydrogen (secondary N) is 1. The number of amides is 1. The third kappa shape index (κ3) is 2.51. The van der Waals surface area contributed by atoms with Crippen molar-refractivity contribution in [1.29, 1.82) is 0 Å². The molecular weight excluding hydrogens is 286 g/mol. The second-order valence-electron chi connectivity index (χ2n) is 6.93. The van der Waals surface area contributed by atoms with E-state index >= 15 is 0 Å². The van der Waals surface area contributed by atoms with Crippen LogP contribution in [-0.4, -0.2) is 37.0 Å². The maximum Gasteiger partial charge on any atom is 0.226 e. The zero-order valence-corrected chi connectivity index (χ0v) is 12.4. The first-order valence-electron chi connectivity index (χ1n) is 8.06. The fraction of sp³-hybridized carbons (Fsp3) is 0.588. The summed E-state index contributed by atoms with van der Waals surface area (Å²) in [7, 11) is 0. The van der Waals surface area contributed by atoms with Gasteiger partial charge in [0.1, 0.15) is 11.6 Å². The molecule has 2 saturated heterocycles. The molecule has 3 fully saturated rings. The molecule has 2 unspecified atom stereocenters. The molecular formula is C17H20F2N2O. The van der Waals surface area contributed by atoms with Crippen LogP contribution in [0.4, 0.5) is 8.78 Å². The Bertz CT molecular complexity index is 576. The van der Waals surface area contributed by atoms with Gasteiger partial charge in [0.05, 0.1) is 0 Å². The molecule has 0 bridgehead atoms. The van der Waals surface area contributed by atoms with Crippen molar-refractivity contribution in [1.82, 2.24) is 10.2 Å². The number of hydrogen-bond donors (Lipinski definition) is 1. The van der Waals surface area contributed by atoms with Crippen LogP contribution in [-0.2, 0) is 11.2 Å². The lowest BCUT2D eigenvalue weighted by atomic mass is 9.98. The van der Waals surface area contributed by atoms with Gasteiger partial charge in [0.25, 0.3) is 0 Å². The van der Waals surface area contributed by atoms with Gasteiger partial charge in [0, 0.05) is 25.1 Å². The SMILES string of the molecule is O=C(C1[C@H]2CNC[C@@H]12)N1CCC(Cc2cc(F)cc(F)c2)C1. The van der Waals surface area contributed by atoms with E-state index in [1.807, 2.05) is 4.90 Å². The van der Waals surface area contributed by atoms with Gasteiger partial charge in [-0.05, 0) is 61.4 Å². The fourth-order valence-corrected chi connectivity index (χ4v) is 4.26. The standard InChI is InChI=1S/C17H20F2N2O/c18-12-4-11(5-13(19)6-12)3-10-1-2-21(9-10)17(22)16-14-7-20-8-15(14)16/h4-6,10,14-16,20H,1-3,7-9H2/t10?,14-,15+,16?. The molecule has 5 heteroatoms. The van der Waals surface area contributed by atoms with Gasteiger partial charge < -0.3 is 10.2 Å². The van der Waals surface area contributed by atoms with Crippen molar-refractivity contribution in [3.05, 3.63) is 35.4 Å².